The third kappa shape index (κ3) is 3.58. The Kier molecular flexibility index (Phi) is 4.32. The first-order valence-corrected chi connectivity index (χ1v) is 8.30. The monoisotopic (exact) mass is 378 g/mol. The van der Waals surface area contributed by atoms with Crippen LogP contribution in [0, 0.1) is 5.82 Å². The molecule has 4 aromatic rings. The molecule has 3 N–H and O–H groups in total. The fourth-order valence-corrected chi connectivity index (χ4v) is 2.62. The smallest absolute Gasteiger partial charge is 0.263 e. The van der Waals surface area contributed by atoms with E-state index < -0.39 is 5.82 Å². The molecule has 0 aliphatic heterocycles. The maximum Gasteiger partial charge on any atom is 0.263 e. The highest BCUT2D eigenvalue weighted by Crippen LogP contribution is 2.27. The fourth-order valence-electron chi connectivity index (χ4n) is 2.62. The minimum Gasteiger partial charge on any atom is -0.436 e. The number of pyridine rings is 1. The summed E-state index contributed by atoms with van der Waals surface area (Å²) in [5.74, 6) is 0.247. The summed E-state index contributed by atoms with van der Waals surface area (Å²) in [4.78, 5) is 24.0. The maximum absolute atomic E-state index is 13.4. The van der Waals surface area contributed by atoms with Crippen molar-refractivity contribution in [2.45, 2.75) is 6.92 Å². The lowest BCUT2D eigenvalue weighted by Gasteiger charge is -2.09. The van der Waals surface area contributed by atoms with E-state index in [4.69, 9.17) is 10.5 Å². The number of nitrogen functional groups attached to an aromatic ring is 1. The summed E-state index contributed by atoms with van der Waals surface area (Å²) >= 11 is 0. The number of aromatic nitrogens is 4. The zero-order valence-corrected chi connectivity index (χ0v) is 14.8. The highest BCUT2D eigenvalue weighted by Gasteiger charge is 2.11. The maximum atomic E-state index is 13.4. The van der Waals surface area contributed by atoms with Gasteiger partial charge in [0.05, 0.1) is 18.1 Å². The molecule has 0 unspecified atom stereocenters. The predicted octanol–water partition coefficient (Wildman–Crippen LogP) is 3.26. The molecular formula is C19H15FN6O2. The summed E-state index contributed by atoms with van der Waals surface area (Å²) < 4.78 is 20.7. The Bertz CT molecular complexity index is 1190. The summed E-state index contributed by atoms with van der Waals surface area (Å²) in [6, 6.07) is 9.26. The van der Waals surface area contributed by atoms with Crippen molar-refractivity contribution in [3.05, 3.63) is 60.8 Å². The summed E-state index contributed by atoms with van der Waals surface area (Å²) in [5.41, 5.74) is 7.75. The molecule has 0 atom stereocenters. The van der Waals surface area contributed by atoms with Gasteiger partial charge in [0.2, 0.25) is 5.91 Å². The molecule has 1 amide bonds. The van der Waals surface area contributed by atoms with Gasteiger partial charge in [0.15, 0.2) is 11.6 Å². The Morgan fingerprint density at radius 2 is 2.07 bits per heavy atom. The van der Waals surface area contributed by atoms with Crippen molar-refractivity contribution in [3.8, 4) is 22.9 Å². The highest BCUT2D eigenvalue weighted by molar-refractivity contribution is 5.87. The number of nitrogens with zero attached hydrogens (tertiary/aromatic N) is 4. The highest BCUT2D eigenvalue weighted by atomic mass is 19.1. The lowest BCUT2D eigenvalue weighted by atomic mass is 10.2. The van der Waals surface area contributed by atoms with Crippen molar-refractivity contribution in [2.24, 2.45) is 0 Å². The van der Waals surface area contributed by atoms with E-state index >= 15 is 0 Å². The van der Waals surface area contributed by atoms with E-state index in [-0.39, 0.29) is 23.4 Å². The Morgan fingerprint density at radius 3 is 2.86 bits per heavy atom. The number of ether oxygens (including phenoxy) is 1. The number of anilines is 2. The second kappa shape index (κ2) is 6.95. The van der Waals surface area contributed by atoms with Gasteiger partial charge in [0, 0.05) is 24.8 Å². The van der Waals surface area contributed by atoms with Crippen LogP contribution in [0.5, 0.6) is 11.6 Å². The number of amides is 1. The summed E-state index contributed by atoms with van der Waals surface area (Å²) in [7, 11) is 0. The third-order valence-corrected chi connectivity index (χ3v) is 3.83. The van der Waals surface area contributed by atoms with Crippen molar-refractivity contribution in [2.75, 3.05) is 11.1 Å². The van der Waals surface area contributed by atoms with Crippen LogP contribution in [0.2, 0.25) is 0 Å². The van der Waals surface area contributed by atoms with Gasteiger partial charge in [-0.1, -0.05) is 6.07 Å². The number of halogens is 1. The number of carbonyl (C=O) groups is 1. The second-order valence-corrected chi connectivity index (χ2v) is 6.00. The molecule has 0 bridgehead atoms. The number of rotatable bonds is 4. The molecule has 28 heavy (non-hydrogen) atoms. The lowest BCUT2D eigenvalue weighted by molar-refractivity contribution is -0.114. The average Bonchev–Trinajstić information content (AvgIpc) is 3.04. The van der Waals surface area contributed by atoms with Gasteiger partial charge in [-0.25, -0.2) is 19.3 Å². The second-order valence-electron chi connectivity index (χ2n) is 6.00. The average molecular weight is 378 g/mol. The molecule has 0 saturated carbocycles. The fraction of sp³-hybridized carbons (Fsp3) is 0.0526. The topological polar surface area (TPSA) is 107 Å². The number of hydrogen-bond acceptors (Lipinski definition) is 6. The normalized spacial score (nSPS) is 10.8. The molecule has 4 rings (SSSR count). The first-order valence-electron chi connectivity index (χ1n) is 8.30. The van der Waals surface area contributed by atoms with E-state index in [9.17, 15) is 9.18 Å². The Morgan fingerprint density at radius 1 is 1.21 bits per heavy atom. The minimum atomic E-state index is -0.430. The van der Waals surface area contributed by atoms with Gasteiger partial charge < -0.3 is 20.2 Å². The zero-order chi connectivity index (χ0) is 19.7. The van der Waals surface area contributed by atoms with Gasteiger partial charge in [-0.05, 0) is 24.3 Å². The molecular weight excluding hydrogens is 363 g/mol. The number of imidazole rings is 1. The minimum absolute atomic E-state index is 0.0766. The van der Waals surface area contributed by atoms with Crippen LogP contribution in [0.4, 0.5) is 16.0 Å². The molecule has 3 heterocycles. The van der Waals surface area contributed by atoms with Gasteiger partial charge in [0.1, 0.15) is 17.2 Å². The molecule has 0 aliphatic carbocycles. The number of benzene rings is 1. The van der Waals surface area contributed by atoms with Crippen LogP contribution >= 0.6 is 0 Å². The summed E-state index contributed by atoms with van der Waals surface area (Å²) in [5, 5.41) is 2.64. The van der Waals surface area contributed by atoms with Crippen molar-refractivity contribution >= 4 is 23.2 Å². The van der Waals surface area contributed by atoms with Crippen LogP contribution in [0.15, 0.2) is 55.0 Å². The summed E-state index contributed by atoms with van der Waals surface area (Å²) in [6.45, 7) is 1.42. The zero-order valence-electron chi connectivity index (χ0n) is 14.8. The van der Waals surface area contributed by atoms with E-state index in [0.29, 0.717) is 17.2 Å². The molecule has 0 aliphatic rings. The molecule has 0 radical (unpaired) electrons. The molecule has 0 saturated heterocycles. The molecule has 9 heteroatoms. The van der Waals surface area contributed by atoms with Gasteiger partial charge in [0.25, 0.3) is 5.88 Å². The van der Waals surface area contributed by atoms with Crippen LogP contribution in [0.25, 0.3) is 16.9 Å². The predicted molar refractivity (Wildman–Crippen MR) is 101 cm³/mol. The van der Waals surface area contributed by atoms with Gasteiger partial charge in [-0.3, -0.25) is 4.79 Å². The van der Waals surface area contributed by atoms with Crippen molar-refractivity contribution < 1.29 is 13.9 Å². The number of nitrogens with one attached hydrogen (secondary N) is 1. The van der Waals surface area contributed by atoms with Crippen molar-refractivity contribution in [1.29, 1.82) is 0 Å². The van der Waals surface area contributed by atoms with E-state index in [1.807, 2.05) is 6.07 Å². The van der Waals surface area contributed by atoms with Crippen LogP contribution in [-0.2, 0) is 4.79 Å². The molecule has 140 valence electrons. The number of nitrogens with two attached hydrogens (primary N) is 1. The van der Waals surface area contributed by atoms with Crippen LogP contribution in [0.1, 0.15) is 6.92 Å². The van der Waals surface area contributed by atoms with Crippen LogP contribution < -0.4 is 15.8 Å². The van der Waals surface area contributed by atoms with Crippen molar-refractivity contribution in [3.63, 3.8) is 0 Å². The van der Waals surface area contributed by atoms with Crippen LogP contribution in [-0.4, -0.2) is 25.3 Å². The Balaban J connectivity index is 1.68. The Hall–Kier alpha value is -4.01. The molecule has 0 fully saturated rings. The first kappa shape index (κ1) is 17.4. The molecule has 0 spiro atoms. The number of carbonyl (C=O) groups excluding carboxylic acids is 1. The van der Waals surface area contributed by atoms with Gasteiger partial charge >= 0.3 is 0 Å². The number of fused-ring (bicyclic) bond motifs is 1. The molecule has 1 aromatic carbocycles. The quantitative estimate of drug-likeness (QED) is 0.564. The summed E-state index contributed by atoms with van der Waals surface area (Å²) in [6.07, 6.45) is 5.00. The lowest BCUT2D eigenvalue weighted by Crippen LogP contribution is -2.05. The SMILES string of the molecule is CC(=O)Nc1cn2cc(-c3cnc(N)c(Oc4cccc(F)c4)n3)ccc2n1. The Labute approximate surface area is 158 Å². The number of hydrogen-bond donors (Lipinski definition) is 2. The largest absolute Gasteiger partial charge is 0.436 e. The van der Waals surface area contributed by atoms with E-state index in [1.54, 1.807) is 28.9 Å². The molecule has 3 aromatic heterocycles. The van der Waals surface area contributed by atoms with Crippen LogP contribution in [0.3, 0.4) is 0 Å². The van der Waals surface area contributed by atoms with Gasteiger partial charge in [-0.15, -0.1) is 0 Å². The van der Waals surface area contributed by atoms with Gasteiger partial charge in [-0.2, -0.15) is 0 Å². The first-order chi connectivity index (χ1) is 13.5. The standard InChI is InChI=1S/C19H15FN6O2/c1-11(27)23-16-10-26-9-12(5-6-17(26)25-16)15-8-22-18(21)19(24-15)28-14-4-2-3-13(20)7-14/h2-10H,1H3,(H2,21,22)(H,23,27). The van der Waals surface area contributed by atoms with Crippen molar-refractivity contribution in [1.82, 2.24) is 19.4 Å². The van der Waals surface area contributed by atoms with E-state index in [2.05, 4.69) is 20.3 Å². The third-order valence-electron chi connectivity index (χ3n) is 3.83. The van der Waals surface area contributed by atoms with E-state index in [1.165, 1.54) is 31.3 Å². The van der Waals surface area contributed by atoms with E-state index in [0.717, 1.165) is 5.56 Å². The molecule has 8 nitrogen and oxygen atoms in total.